The van der Waals surface area contributed by atoms with Gasteiger partial charge < -0.3 is 15.2 Å². The first-order chi connectivity index (χ1) is 9.02. The first kappa shape index (κ1) is 13.9. The fraction of sp³-hybridized carbons (Fsp3) is 0.538. The summed E-state index contributed by atoms with van der Waals surface area (Å²) in [5, 5.41) is 24.1. The van der Waals surface area contributed by atoms with Gasteiger partial charge in [0.25, 0.3) is 5.69 Å². The van der Waals surface area contributed by atoms with E-state index in [-0.39, 0.29) is 10.6 Å². The van der Waals surface area contributed by atoms with E-state index in [9.17, 15) is 15.2 Å². The molecule has 0 spiro atoms. The summed E-state index contributed by atoms with van der Waals surface area (Å²) in [7, 11) is 0. The quantitative estimate of drug-likeness (QED) is 0.616. The molecule has 6 nitrogen and oxygen atoms in total. The van der Waals surface area contributed by atoms with Crippen LogP contribution in [0.25, 0.3) is 0 Å². The van der Waals surface area contributed by atoms with Gasteiger partial charge in [0.2, 0.25) is 0 Å². The van der Waals surface area contributed by atoms with Crippen LogP contribution in [0.2, 0.25) is 0 Å². The van der Waals surface area contributed by atoms with Crippen molar-refractivity contribution in [3.63, 3.8) is 0 Å². The summed E-state index contributed by atoms with van der Waals surface area (Å²) in [4.78, 5) is 10.5. The molecule has 1 unspecified atom stereocenters. The van der Waals surface area contributed by atoms with Crippen molar-refractivity contribution in [1.82, 2.24) is 5.32 Å². The lowest BCUT2D eigenvalue weighted by Gasteiger charge is -2.21. The van der Waals surface area contributed by atoms with Crippen molar-refractivity contribution in [2.24, 2.45) is 0 Å². The summed E-state index contributed by atoms with van der Waals surface area (Å²) in [6, 6.07) is 5.03. The Morgan fingerprint density at radius 3 is 3.00 bits per heavy atom. The molecule has 0 radical (unpaired) electrons. The van der Waals surface area contributed by atoms with Gasteiger partial charge in [0.1, 0.15) is 5.60 Å². The molecule has 1 aliphatic rings. The van der Waals surface area contributed by atoms with E-state index in [0.717, 1.165) is 5.56 Å². The Hall–Kier alpha value is -1.50. The Kier molecular flexibility index (Phi) is 4.14. The third-order valence-electron chi connectivity index (χ3n) is 3.47. The Labute approximate surface area is 111 Å². The van der Waals surface area contributed by atoms with Crippen LogP contribution in [-0.4, -0.2) is 35.4 Å². The van der Waals surface area contributed by atoms with Crippen LogP contribution in [0.1, 0.15) is 17.5 Å². The molecule has 1 atom stereocenters. The van der Waals surface area contributed by atoms with Crippen molar-refractivity contribution >= 4 is 5.69 Å². The lowest BCUT2D eigenvalue weighted by Crippen LogP contribution is -2.40. The maximum absolute atomic E-state index is 10.8. The first-order valence-electron chi connectivity index (χ1n) is 6.26. The Balaban J connectivity index is 1.96. The van der Waals surface area contributed by atoms with Crippen LogP contribution in [0.3, 0.4) is 0 Å². The largest absolute Gasteiger partial charge is 0.386 e. The molecule has 104 valence electrons. The number of nitro benzene ring substituents is 1. The summed E-state index contributed by atoms with van der Waals surface area (Å²) in [5.74, 6) is 0. The summed E-state index contributed by atoms with van der Waals surface area (Å²) in [6.45, 7) is 3.58. The first-order valence-corrected chi connectivity index (χ1v) is 6.26. The molecule has 1 aromatic carbocycles. The number of hydrogen-bond donors (Lipinski definition) is 2. The number of aliphatic hydroxyl groups is 1. The van der Waals surface area contributed by atoms with Gasteiger partial charge in [-0.25, -0.2) is 0 Å². The van der Waals surface area contributed by atoms with Crippen LogP contribution >= 0.6 is 0 Å². The van der Waals surface area contributed by atoms with Crippen molar-refractivity contribution in [2.75, 3.05) is 19.8 Å². The smallest absolute Gasteiger partial charge is 0.272 e. The lowest BCUT2D eigenvalue weighted by molar-refractivity contribution is -0.385. The minimum absolute atomic E-state index is 0.127. The molecule has 0 aromatic heterocycles. The summed E-state index contributed by atoms with van der Waals surface area (Å²) < 4.78 is 5.16. The van der Waals surface area contributed by atoms with Gasteiger partial charge in [-0.15, -0.1) is 0 Å². The molecule has 19 heavy (non-hydrogen) atoms. The summed E-state index contributed by atoms with van der Waals surface area (Å²) in [5.41, 5.74) is 0.850. The van der Waals surface area contributed by atoms with Gasteiger partial charge in [-0.2, -0.15) is 0 Å². The van der Waals surface area contributed by atoms with Crippen molar-refractivity contribution in [3.05, 3.63) is 39.4 Å². The summed E-state index contributed by atoms with van der Waals surface area (Å²) >= 11 is 0. The van der Waals surface area contributed by atoms with Crippen LogP contribution in [0, 0.1) is 17.0 Å². The molecule has 2 N–H and O–H groups in total. The van der Waals surface area contributed by atoms with Gasteiger partial charge >= 0.3 is 0 Å². The zero-order valence-electron chi connectivity index (χ0n) is 10.9. The molecule has 1 fully saturated rings. The predicted molar refractivity (Wildman–Crippen MR) is 69.9 cm³/mol. The van der Waals surface area contributed by atoms with Gasteiger partial charge in [-0.05, 0) is 12.5 Å². The number of rotatable bonds is 5. The SMILES string of the molecule is Cc1c(CNCC2(O)CCOC2)cccc1[N+](=O)[O-]. The predicted octanol–water partition coefficient (Wildman–Crippen LogP) is 1.14. The highest BCUT2D eigenvalue weighted by Crippen LogP contribution is 2.21. The van der Waals surface area contributed by atoms with Gasteiger partial charge in [0.15, 0.2) is 0 Å². The van der Waals surface area contributed by atoms with Gasteiger partial charge in [-0.3, -0.25) is 10.1 Å². The van der Waals surface area contributed by atoms with Crippen molar-refractivity contribution < 1.29 is 14.8 Å². The van der Waals surface area contributed by atoms with Crippen LogP contribution in [0.5, 0.6) is 0 Å². The Bertz CT molecular complexity index is 470. The zero-order chi connectivity index (χ0) is 13.9. The average Bonchev–Trinajstić information content (AvgIpc) is 2.78. The van der Waals surface area contributed by atoms with Gasteiger partial charge in [0, 0.05) is 37.7 Å². The van der Waals surface area contributed by atoms with Crippen molar-refractivity contribution in [3.8, 4) is 0 Å². The van der Waals surface area contributed by atoms with E-state index in [1.165, 1.54) is 6.07 Å². The standard InChI is InChI=1S/C13H18N2O4/c1-10-11(3-2-4-12(10)15(17)18)7-14-8-13(16)5-6-19-9-13/h2-4,14,16H,5-9H2,1H3. The van der Waals surface area contributed by atoms with E-state index in [1.807, 2.05) is 6.07 Å². The van der Waals surface area contributed by atoms with E-state index >= 15 is 0 Å². The monoisotopic (exact) mass is 266 g/mol. The fourth-order valence-electron chi connectivity index (χ4n) is 2.22. The second-order valence-corrected chi connectivity index (χ2v) is 4.95. The number of hydrogen-bond acceptors (Lipinski definition) is 5. The van der Waals surface area contributed by atoms with E-state index < -0.39 is 5.60 Å². The van der Waals surface area contributed by atoms with Crippen molar-refractivity contribution in [1.29, 1.82) is 0 Å². The maximum atomic E-state index is 10.8. The number of nitrogens with one attached hydrogen (secondary N) is 1. The third-order valence-corrected chi connectivity index (χ3v) is 3.47. The average molecular weight is 266 g/mol. The highest BCUT2D eigenvalue weighted by atomic mass is 16.6. The number of benzene rings is 1. The Morgan fingerprint density at radius 2 is 2.37 bits per heavy atom. The molecule has 1 aliphatic heterocycles. The van der Waals surface area contributed by atoms with E-state index in [0.29, 0.717) is 38.3 Å². The zero-order valence-corrected chi connectivity index (χ0v) is 10.9. The van der Waals surface area contributed by atoms with Crippen LogP contribution in [0.15, 0.2) is 18.2 Å². The lowest BCUT2D eigenvalue weighted by atomic mass is 10.0. The minimum Gasteiger partial charge on any atom is -0.386 e. The summed E-state index contributed by atoms with van der Waals surface area (Å²) in [6.07, 6.45) is 0.619. The third kappa shape index (κ3) is 3.28. The molecule has 0 bridgehead atoms. The van der Waals surface area contributed by atoms with E-state index in [1.54, 1.807) is 13.0 Å². The molecule has 0 saturated carbocycles. The van der Waals surface area contributed by atoms with Gasteiger partial charge in [-0.1, -0.05) is 12.1 Å². The maximum Gasteiger partial charge on any atom is 0.272 e. The normalized spacial score (nSPS) is 22.6. The van der Waals surface area contributed by atoms with E-state index in [4.69, 9.17) is 4.74 Å². The van der Waals surface area contributed by atoms with Crippen LogP contribution in [0.4, 0.5) is 5.69 Å². The minimum atomic E-state index is -0.811. The molecule has 2 rings (SSSR count). The highest BCUT2D eigenvalue weighted by molar-refractivity contribution is 5.44. The molecular formula is C13H18N2O4. The molecule has 0 amide bonds. The molecule has 1 saturated heterocycles. The van der Waals surface area contributed by atoms with E-state index in [2.05, 4.69) is 5.32 Å². The van der Waals surface area contributed by atoms with Crippen molar-refractivity contribution in [2.45, 2.75) is 25.5 Å². The number of ether oxygens (including phenoxy) is 1. The highest BCUT2D eigenvalue weighted by Gasteiger charge is 2.31. The second-order valence-electron chi connectivity index (χ2n) is 4.95. The molecule has 0 aliphatic carbocycles. The van der Waals surface area contributed by atoms with Crippen LogP contribution < -0.4 is 5.32 Å². The second kappa shape index (κ2) is 5.64. The fourth-order valence-corrected chi connectivity index (χ4v) is 2.22. The van der Waals surface area contributed by atoms with Crippen LogP contribution in [-0.2, 0) is 11.3 Å². The molecular weight excluding hydrogens is 248 g/mol. The molecule has 1 aromatic rings. The Morgan fingerprint density at radius 1 is 1.58 bits per heavy atom. The topological polar surface area (TPSA) is 84.6 Å². The number of nitrogens with zero attached hydrogens (tertiary/aromatic N) is 1. The molecule has 1 heterocycles. The van der Waals surface area contributed by atoms with Gasteiger partial charge in [0.05, 0.1) is 11.5 Å². The number of nitro groups is 1. The molecule has 6 heteroatoms.